The molecule has 1 N–H and O–H groups in total. The van der Waals surface area contributed by atoms with E-state index in [0.29, 0.717) is 12.8 Å². The van der Waals surface area contributed by atoms with Crippen molar-refractivity contribution in [2.45, 2.75) is 32.8 Å². The average Bonchev–Trinajstić information content (AvgIpc) is 3.30. The van der Waals surface area contributed by atoms with Gasteiger partial charge in [-0.1, -0.05) is 78.9 Å². The van der Waals surface area contributed by atoms with E-state index in [4.69, 9.17) is 0 Å². The quantitative estimate of drug-likeness (QED) is 0.379. The van der Waals surface area contributed by atoms with Crippen LogP contribution in [0.15, 0.2) is 84.9 Å². The van der Waals surface area contributed by atoms with Crippen molar-refractivity contribution in [1.82, 2.24) is 0 Å². The largest absolute Gasteiger partial charge is 1.00 e. The molecule has 2 aliphatic rings. The van der Waals surface area contributed by atoms with Gasteiger partial charge in [-0.2, -0.15) is 0 Å². The van der Waals surface area contributed by atoms with E-state index < -0.39 is 6.10 Å². The molecule has 0 saturated carbocycles. The van der Waals surface area contributed by atoms with Gasteiger partial charge in [0.05, 0.1) is 0 Å². The maximum Gasteiger partial charge on any atom is 1.00 e. The van der Waals surface area contributed by atoms with Gasteiger partial charge in [-0.05, 0) is 64.4 Å². The van der Waals surface area contributed by atoms with Crippen molar-refractivity contribution in [2.24, 2.45) is 0 Å². The predicted octanol–water partition coefficient (Wildman–Crippen LogP) is 2.65. The third kappa shape index (κ3) is 5.67. The average molecular weight is 509 g/mol. The topological polar surface area (TPSA) is 71.4 Å². The molecule has 6 heteroatoms. The Bertz CT molecular complexity index is 1550. The van der Waals surface area contributed by atoms with Gasteiger partial charge in [0.2, 0.25) is 0 Å². The molecule has 6 rings (SSSR count). The van der Waals surface area contributed by atoms with Crippen molar-refractivity contribution < 1.29 is 50.5 Å². The molecule has 0 spiro atoms. The minimum atomic E-state index is -0.567. The number of hydrogen-bond acceptors (Lipinski definition) is 4. The number of ketones is 3. The van der Waals surface area contributed by atoms with Crippen molar-refractivity contribution in [3.05, 3.63) is 118 Å². The molecule has 0 amide bonds. The van der Waals surface area contributed by atoms with Crippen LogP contribution in [0.5, 0.6) is 0 Å². The summed E-state index contributed by atoms with van der Waals surface area (Å²) in [7, 11) is 0. The van der Waals surface area contributed by atoms with Crippen molar-refractivity contribution in [2.75, 3.05) is 0 Å². The van der Waals surface area contributed by atoms with Gasteiger partial charge in [-0.25, -0.2) is 0 Å². The van der Waals surface area contributed by atoms with Crippen molar-refractivity contribution in [1.29, 1.82) is 0 Å². The Kier molecular flexibility index (Phi) is 9.45. The summed E-state index contributed by atoms with van der Waals surface area (Å²) in [6.45, 7) is 3.14. The van der Waals surface area contributed by atoms with Crippen LogP contribution in [0.1, 0.15) is 59.6 Å². The number of Topliss-reactive ketones (excluding diaryl/α,β-unsaturated/α-hetero) is 2. The zero-order valence-electron chi connectivity index (χ0n) is 22.8. The number of carbonyl (C=O) groups is 3. The molecule has 3 radical (unpaired) electrons. The van der Waals surface area contributed by atoms with Crippen LogP contribution in [-0.4, -0.2) is 30.9 Å². The molecule has 0 fully saturated rings. The second-order valence-electron chi connectivity index (χ2n) is 9.42. The summed E-state index contributed by atoms with van der Waals surface area (Å²) >= 11 is 0. The minimum Gasteiger partial charge on any atom is -1.00 e. The molecule has 183 valence electrons. The van der Waals surface area contributed by atoms with Gasteiger partial charge in [0.25, 0.3) is 0 Å². The van der Waals surface area contributed by atoms with Crippen molar-refractivity contribution in [3.63, 3.8) is 0 Å². The number of hydrogen-bond donors (Lipinski definition) is 1. The Balaban J connectivity index is 0.000000254. The Labute approximate surface area is 248 Å². The van der Waals surface area contributed by atoms with E-state index in [1.165, 1.54) is 0 Å². The van der Waals surface area contributed by atoms with Crippen LogP contribution >= 0.6 is 0 Å². The molecule has 2 aliphatic carbocycles. The fraction of sp³-hybridized carbons (Fsp3) is 0.156. The molecular formula is C32H27BNaO4. The third-order valence-corrected chi connectivity index (χ3v) is 6.65. The first-order valence-electron chi connectivity index (χ1n) is 12.0. The molecule has 0 aliphatic heterocycles. The number of aliphatic hydroxyl groups is 1. The second-order valence-corrected chi connectivity index (χ2v) is 9.42. The van der Waals surface area contributed by atoms with E-state index >= 15 is 0 Å². The normalized spacial score (nSPS) is 13.4. The molecule has 0 heterocycles. The molecule has 1 atom stereocenters. The summed E-state index contributed by atoms with van der Waals surface area (Å²) in [5.41, 5.74) is 9.34. The first-order valence-corrected chi connectivity index (χ1v) is 12.0. The molecule has 38 heavy (non-hydrogen) atoms. The Hall–Kier alpha value is -3.09. The van der Waals surface area contributed by atoms with Gasteiger partial charge in [0, 0.05) is 32.4 Å². The van der Waals surface area contributed by atoms with Crippen LogP contribution in [0.4, 0.5) is 0 Å². The Morgan fingerprint density at radius 2 is 1.13 bits per heavy atom. The van der Waals surface area contributed by atoms with Crippen molar-refractivity contribution >= 4 is 25.8 Å². The van der Waals surface area contributed by atoms with Crippen LogP contribution < -0.4 is 29.6 Å². The van der Waals surface area contributed by atoms with E-state index in [1.54, 1.807) is 13.8 Å². The Morgan fingerprint density at radius 1 is 0.658 bits per heavy atom. The molecular weight excluding hydrogens is 482 g/mol. The fourth-order valence-corrected chi connectivity index (χ4v) is 5.10. The van der Waals surface area contributed by atoms with Crippen LogP contribution in [0.25, 0.3) is 22.3 Å². The van der Waals surface area contributed by atoms with Gasteiger partial charge in [0.15, 0.2) is 5.78 Å². The molecule has 4 aromatic rings. The summed E-state index contributed by atoms with van der Waals surface area (Å²) in [4.78, 5) is 34.5. The van der Waals surface area contributed by atoms with Crippen LogP contribution in [0.2, 0.25) is 0 Å². The molecule has 4 nitrogen and oxygen atoms in total. The molecule has 0 saturated heterocycles. The number of aliphatic hydroxyl groups excluding tert-OH is 1. The van der Waals surface area contributed by atoms with E-state index in [1.807, 2.05) is 84.9 Å². The molecule has 4 aromatic carbocycles. The van der Waals surface area contributed by atoms with E-state index in [9.17, 15) is 19.5 Å². The Morgan fingerprint density at radius 3 is 1.76 bits per heavy atom. The zero-order chi connectivity index (χ0) is 25.4. The fourth-order valence-electron chi connectivity index (χ4n) is 5.10. The maximum atomic E-state index is 12.2. The summed E-state index contributed by atoms with van der Waals surface area (Å²) in [5, 5.41) is 10.3. The minimum absolute atomic E-state index is 0. The first-order chi connectivity index (χ1) is 17.3. The zero-order valence-corrected chi connectivity index (χ0v) is 23.8. The summed E-state index contributed by atoms with van der Waals surface area (Å²) in [5.74, 6) is 0.309. The third-order valence-electron chi connectivity index (χ3n) is 6.65. The van der Waals surface area contributed by atoms with E-state index in [2.05, 4.69) is 0 Å². The van der Waals surface area contributed by atoms with Gasteiger partial charge >= 0.3 is 29.6 Å². The smallest absolute Gasteiger partial charge is 1.00 e. The summed E-state index contributed by atoms with van der Waals surface area (Å²) in [6.07, 6.45) is 0.246. The maximum absolute atomic E-state index is 12.2. The number of benzene rings is 4. The molecule has 1 unspecified atom stereocenters. The number of carbonyl (C=O) groups excluding carboxylic acids is 3. The van der Waals surface area contributed by atoms with Gasteiger partial charge < -0.3 is 6.53 Å². The molecule has 0 bridgehead atoms. The SMILES string of the molecule is CC(=O)Cc1ccc2c(c1)C(=O)c1ccccc1-2.CC(=O)Cc1ccc2c(c1)C(O)c1ccccc1-2.[B].[H-].[Na+]. The van der Waals surface area contributed by atoms with Crippen LogP contribution in [-0.2, 0) is 22.4 Å². The summed E-state index contributed by atoms with van der Waals surface area (Å²) in [6, 6.07) is 27.1. The van der Waals surface area contributed by atoms with Gasteiger partial charge in [-0.15, -0.1) is 0 Å². The van der Waals surface area contributed by atoms with Crippen LogP contribution in [0, 0.1) is 0 Å². The molecule has 0 aromatic heterocycles. The predicted molar refractivity (Wildman–Crippen MR) is 147 cm³/mol. The van der Waals surface area contributed by atoms with Crippen molar-refractivity contribution in [3.8, 4) is 22.3 Å². The van der Waals surface area contributed by atoms with E-state index in [0.717, 1.165) is 55.6 Å². The first kappa shape index (κ1) is 29.5. The standard InChI is InChI=1S/C16H14O2.C16H12O2.B.Na.H/c2*1-10(17)8-11-6-7-13-12-4-2-3-5-14(12)16(18)15(13)9-11;;;/h2-7,9,16,18H,8H2,1H3;2-7,9H,8H2,1H3;;;/q;;;+1;-1. The van der Waals surface area contributed by atoms with Crippen LogP contribution in [0.3, 0.4) is 0 Å². The van der Waals surface area contributed by atoms with Gasteiger partial charge in [-0.3, -0.25) is 14.4 Å². The number of fused-ring (bicyclic) bond motifs is 6. The monoisotopic (exact) mass is 509 g/mol. The van der Waals surface area contributed by atoms with E-state index in [-0.39, 0.29) is 56.7 Å². The second kappa shape index (κ2) is 12.2. The summed E-state index contributed by atoms with van der Waals surface area (Å²) < 4.78 is 0. The number of rotatable bonds is 4. The van der Waals surface area contributed by atoms with Gasteiger partial charge in [0.1, 0.15) is 17.7 Å².